The summed E-state index contributed by atoms with van der Waals surface area (Å²) in [6, 6.07) is 3.57. The van der Waals surface area contributed by atoms with Gasteiger partial charge in [-0.1, -0.05) is 0 Å². The lowest BCUT2D eigenvalue weighted by atomic mass is 9.71. The number of rotatable bonds is 2. The van der Waals surface area contributed by atoms with E-state index in [0.29, 0.717) is 31.4 Å². The summed E-state index contributed by atoms with van der Waals surface area (Å²) in [4.78, 5) is 25.4. The van der Waals surface area contributed by atoms with E-state index in [9.17, 15) is 14.7 Å². The van der Waals surface area contributed by atoms with Gasteiger partial charge >= 0.3 is 5.97 Å². The Balaban J connectivity index is 2.34. The average Bonchev–Trinajstić information content (AvgIpc) is 2.72. The van der Waals surface area contributed by atoms with Gasteiger partial charge in [0.15, 0.2) is 0 Å². The van der Waals surface area contributed by atoms with E-state index in [2.05, 4.69) is 4.98 Å². The molecule has 4 heteroatoms. The van der Waals surface area contributed by atoms with Crippen LogP contribution in [0.3, 0.4) is 0 Å². The first-order valence-corrected chi connectivity index (χ1v) is 5.04. The van der Waals surface area contributed by atoms with E-state index in [4.69, 9.17) is 0 Å². The Bertz CT molecular complexity index is 371. The zero-order chi connectivity index (χ0) is 10.9. The standard InChI is InChI=1S/C11H13NO3/c13-8-3-5-11(6-4-8,10(14)15)9-2-1-7-12-9/h1-2,7,12H,3-6H2,(H,14,15). The van der Waals surface area contributed by atoms with Gasteiger partial charge in [0.25, 0.3) is 0 Å². The third-order valence-corrected chi connectivity index (χ3v) is 3.18. The number of carbonyl (C=O) groups is 2. The number of carboxylic acids is 1. The van der Waals surface area contributed by atoms with Crippen molar-refractivity contribution in [2.24, 2.45) is 0 Å². The van der Waals surface area contributed by atoms with Crippen molar-refractivity contribution in [2.75, 3.05) is 0 Å². The van der Waals surface area contributed by atoms with Crippen molar-refractivity contribution in [1.29, 1.82) is 0 Å². The predicted octanol–water partition coefficient (Wildman–Crippen LogP) is 1.48. The molecule has 2 N–H and O–H groups in total. The number of Topliss-reactive ketones (excluding diaryl/α,β-unsaturated/α-hetero) is 1. The number of hydrogen-bond donors (Lipinski definition) is 2. The maximum atomic E-state index is 11.4. The number of carboxylic acid groups (broad SMARTS) is 1. The summed E-state index contributed by atoms with van der Waals surface area (Å²) in [7, 11) is 0. The molecule has 0 radical (unpaired) electrons. The van der Waals surface area contributed by atoms with Crippen molar-refractivity contribution in [2.45, 2.75) is 31.1 Å². The van der Waals surface area contributed by atoms with Crippen LogP contribution in [0.15, 0.2) is 18.3 Å². The van der Waals surface area contributed by atoms with Crippen LogP contribution in [0.2, 0.25) is 0 Å². The quantitative estimate of drug-likeness (QED) is 0.771. The molecule has 1 heterocycles. The van der Waals surface area contributed by atoms with Gasteiger partial charge in [-0.05, 0) is 25.0 Å². The fourth-order valence-electron chi connectivity index (χ4n) is 2.18. The van der Waals surface area contributed by atoms with Crippen LogP contribution in [0.1, 0.15) is 31.4 Å². The molecule has 0 bridgehead atoms. The highest BCUT2D eigenvalue weighted by Gasteiger charge is 2.43. The second kappa shape index (κ2) is 3.53. The smallest absolute Gasteiger partial charge is 0.315 e. The van der Waals surface area contributed by atoms with E-state index in [0.717, 1.165) is 0 Å². The topological polar surface area (TPSA) is 70.2 Å². The molecule has 1 fully saturated rings. The Morgan fingerprint density at radius 2 is 2.07 bits per heavy atom. The monoisotopic (exact) mass is 207 g/mol. The summed E-state index contributed by atoms with van der Waals surface area (Å²) >= 11 is 0. The van der Waals surface area contributed by atoms with Gasteiger partial charge in [0.05, 0.1) is 0 Å². The Morgan fingerprint density at radius 3 is 2.53 bits per heavy atom. The number of hydrogen-bond acceptors (Lipinski definition) is 2. The molecule has 1 aliphatic rings. The first kappa shape index (κ1) is 9.96. The third kappa shape index (κ3) is 1.56. The lowest BCUT2D eigenvalue weighted by Gasteiger charge is -2.31. The highest BCUT2D eigenvalue weighted by molar-refractivity contribution is 5.87. The van der Waals surface area contributed by atoms with E-state index >= 15 is 0 Å². The number of nitrogens with one attached hydrogen (secondary N) is 1. The highest BCUT2D eigenvalue weighted by Crippen LogP contribution is 2.37. The Kier molecular flexibility index (Phi) is 2.34. The van der Waals surface area contributed by atoms with Crippen LogP contribution in [0.5, 0.6) is 0 Å². The van der Waals surface area contributed by atoms with Crippen LogP contribution >= 0.6 is 0 Å². The number of carbonyl (C=O) groups excluding carboxylic acids is 1. The predicted molar refractivity (Wildman–Crippen MR) is 53.6 cm³/mol. The first-order valence-electron chi connectivity index (χ1n) is 5.04. The van der Waals surface area contributed by atoms with E-state index in [1.165, 1.54) is 0 Å². The minimum absolute atomic E-state index is 0.165. The molecule has 0 aromatic carbocycles. The van der Waals surface area contributed by atoms with Crippen LogP contribution in [0.25, 0.3) is 0 Å². The SMILES string of the molecule is O=C1CCC(C(=O)O)(c2ccc[nH]2)CC1. The second-order valence-electron chi connectivity index (χ2n) is 4.01. The Morgan fingerprint density at radius 1 is 1.40 bits per heavy atom. The van der Waals surface area contributed by atoms with Gasteiger partial charge in [-0.2, -0.15) is 0 Å². The number of aromatic amines is 1. The number of H-pyrrole nitrogens is 1. The number of ketones is 1. The average molecular weight is 207 g/mol. The van der Waals surface area contributed by atoms with Crippen LogP contribution in [-0.4, -0.2) is 21.8 Å². The second-order valence-corrected chi connectivity index (χ2v) is 4.01. The van der Waals surface area contributed by atoms with E-state index < -0.39 is 11.4 Å². The molecule has 0 saturated heterocycles. The molecule has 1 aliphatic carbocycles. The minimum atomic E-state index is -0.878. The highest BCUT2D eigenvalue weighted by atomic mass is 16.4. The molecular weight excluding hydrogens is 194 g/mol. The van der Waals surface area contributed by atoms with Crippen molar-refractivity contribution >= 4 is 11.8 Å². The number of aromatic nitrogens is 1. The van der Waals surface area contributed by atoms with Crippen LogP contribution in [-0.2, 0) is 15.0 Å². The van der Waals surface area contributed by atoms with Gasteiger partial charge < -0.3 is 10.1 Å². The molecule has 4 nitrogen and oxygen atoms in total. The van der Waals surface area contributed by atoms with Crippen LogP contribution in [0, 0.1) is 0 Å². The largest absolute Gasteiger partial charge is 0.481 e. The van der Waals surface area contributed by atoms with Crippen LogP contribution in [0.4, 0.5) is 0 Å². The van der Waals surface area contributed by atoms with E-state index in [1.54, 1.807) is 18.3 Å². The molecule has 1 aromatic heterocycles. The van der Waals surface area contributed by atoms with Crippen molar-refractivity contribution in [1.82, 2.24) is 4.98 Å². The van der Waals surface area contributed by atoms with Crippen molar-refractivity contribution < 1.29 is 14.7 Å². The van der Waals surface area contributed by atoms with E-state index in [-0.39, 0.29) is 5.78 Å². The fourth-order valence-corrected chi connectivity index (χ4v) is 2.18. The van der Waals surface area contributed by atoms with Gasteiger partial charge in [0.1, 0.15) is 11.2 Å². The van der Waals surface area contributed by atoms with Gasteiger partial charge in [0.2, 0.25) is 0 Å². The molecule has 0 spiro atoms. The molecule has 2 rings (SSSR count). The first-order chi connectivity index (χ1) is 7.15. The van der Waals surface area contributed by atoms with Crippen molar-refractivity contribution in [3.8, 4) is 0 Å². The third-order valence-electron chi connectivity index (χ3n) is 3.18. The molecule has 0 amide bonds. The van der Waals surface area contributed by atoms with E-state index in [1.807, 2.05) is 0 Å². The summed E-state index contributed by atoms with van der Waals surface area (Å²) in [5.74, 6) is -0.670. The summed E-state index contributed by atoms with van der Waals surface area (Å²) in [5, 5.41) is 9.32. The summed E-state index contributed by atoms with van der Waals surface area (Å²) in [5.41, 5.74) is -0.167. The van der Waals surface area contributed by atoms with Gasteiger partial charge in [-0.3, -0.25) is 9.59 Å². The summed E-state index contributed by atoms with van der Waals surface area (Å²) in [6.07, 6.45) is 3.26. The van der Waals surface area contributed by atoms with Gasteiger partial charge in [-0.25, -0.2) is 0 Å². The minimum Gasteiger partial charge on any atom is -0.481 e. The van der Waals surface area contributed by atoms with Crippen molar-refractivity contribution in [3.05, 3.63) is 24.0 Å². The Hall–Kier alpha value is -1.58. The van der Waals surface area contributed by atoms with Gasteiger partial charge in [0, 0.05) is 24.7 Å². The lowest BCUT2D eigenvalue weighted by Crippen LogP contribution is -2.40. The van der Waals surface area contributed by atoms with Crippen molar-refractivity contribution in [3.63, 3.8) is 0 Å². The summed E-state index contributed by atoms with van der Waals surface area (Å²) < 4.78 is 0. The maximum absolute atomic E-state index is 11.4. The number of aliphatic carboxylic acids is 1. The Labute approximate surface area is 87.3 Å². The molecule has 0 unspecified atom stereocenters. The molecule has 15 heavy (non-hydrogen) atoms. The summed E-state index contributed by atoms with van der Waals surface area (Å²) in [6.45, 7) is 0. The molecule has 0 atom stereocenters. The van der Waals surface area contributed by atoms with Gasteiger partial charge in [-0.15, -0.1) is 0 Å². The van der Waals surface area contributed by atoms with Crippen LogP contribution < -0.4 is 0 Å². The molecular formula is C11H13NO3. The zero-order valence-electron chi connectivity index (χ0n) is 8.32. The normalized spacial score (nSPS) is 20.1. The molecule has 80 valence electrons. The fraction of sp³-hybridized carbons (Fsp3) is 0.455. The molecule has 0 aliphatic heterocycles. The lowest BCUT2D eigenvalue weighted by molar-refractivity contribution is -0.146. The molecule has 1 aromatic rings. The zero-order valence-corrected chi connectivity index (χ0v) is 8.32. The molecule has 1 saturated carbocycles. The maximum Gasteiger partial charge on any atom is 0.315 e.